The molecule has 0 bridgehead atoms. The second kappa shape index (κ2) is 11.4. The van der Waals surface area contributed by atoms with Crippen molar-refractivity contribution < 1.29 is 19.2 Å². The van der Waals surface area contributed by atoms with E-state index >= 15 is 0 Å². The van der Waals surface area contributed by atoms with Crippen LogP contribution in [0.1, 0.15) is 28.7 Å². The van der Waals surface area contributed by atoms with E-state index in [2.05, 4.69) is 39.7 Å². The number of hydrogen-bond acceptors (Lipinski definition) is 7. The number of carbonyl (C=O) groups excluding carboxylic acids is 1. The molecule has 1 amide bonds. The van der Waals surface area contributed by atoms with E-state index < -0.39 is 17.4 Å². The number of rotatable bonds is 9. The van der Waals surface area contributed by atoms with Crippen LogP contribution in [0.3, 0.4) is 0 Å². The molecule has 0 atom stereocenters. The first-order chi connectivity index (χ1) is 17.4. The molecular weight excluding hydrogens is 460 g/mol. The molecular formula is C27H28N4O5. The van der Waals surface area contributed by atoms with E-state index in [1.54, 1.807) is 26.3 Å². The van der Waals surface area contributed by atoms with Crippen LogP contribution in [0.4, 0.5) is 11.4 Å². The van der Waals surface area contributed by atoms with Crippen LogP contribution in [0.5, 0.6) is 11.5 Å². The smallest absolute Gasteiger partial charge is 0.311 e. The topological polar surface area (TPSA) is 106 Å². The maximum absolute atomic E-state index is 12.2. The molecule has 0 fully saturated rings. The van der Waals surface area contributed by atoms with Crippen molar-refractivity contribution in [3.05, 3.63) is 93.0 Å². The first-order valence-electron chi connectivity index (χ1n) is 11.6. The Balaban J connectivity index is 1.39. The van der Waals surface area contributed by atoms with Crippen LogP contribution in [0.15, 0.2) is 65.8 Å². The summed E-state index contributed by atoms with van der Waals surface area (Å²) < 4.78 is 10.9. The Morgan fingerprint density at radius 3 is 2.78 bits per heavy atom. The van der Waals surface area contributed by atoms with E-state index in [1.165, 1.54) is 23.4 Å². The highest BCUT2D eigenvalue weighted by atomic mass is 16.6. The fourth-order valence-corrected chi connectivity index (χ4v) is 4.23. The molecule has 3 aromatic rings. The number of nitro benzene ring substituents is 1. The number of hydrazone groups is 1. The minimum atomic E-state index is -0.540. The summed E-state index contributed by atoms with van der Waals surface area (Å²) >= 11 is 0. The van der Waals surface area contributed by atoms with Gasteiger partial charge < -0.3 is 14.4 Å². The number of nitro groups is 1. The Morgan fingerprint density at radius 2 is 1.97 bits per heavy atom. The van der Waals surface area contributed by atoms with Crippen molar-refractivity contribution in [3.63, 3.8) is 0 Å². The number of para-hydroxylation sites is 1. The van der Waals surface area contributed by atoms with E-state index in [-0.39, 0.29) is 11.4 Å². The van der Waals surface area contributed by atoms with Gasteiger partial charge in [-0.3, -0.25) is 14.9 Å². The molecule has 0 saturated heterocycles. The van der Waals surface area contributed by atoms with Crippen molar-refractivity contribution in [2.75, 3.05) is 25.2 Å². The molecule has 9 heteroatoms. The van der Waals surface area contributed by atoms with Crippen LogP contribution in [-0.2, 0) is 17.8 Å². The summed E-state index contributed by atoms with van der Waals surface area (Å²) in [5.41, 5.74) is 7.34. The zero-order valence-corrected chi connectivity index (χ0v) is 20.3. The molecule has 0 saturated carbocycles. The van der Waals surface area contributed by atoms with Gasteiger partial charge >= 0.3 is 5.69 Å². The van der Waals surface area contributed by atoms with Gasteiger partial charge in [0.2, 0.25) is 0 Å². The number of carbonyl (C=O) groups is 1. The molecule has 1 N–H and O–H groups in total. The van der Waals surface area contributed by atoms with E-state index in [0.717, 1.165) is 41.8 Å². The lowest BCUT2D eigenvalue weighted by Gasteiger charge is -2.31. The van der Waals surface area contributed by atoms with Gasteiger partial charge in [0.25, 0.3) is 5.91 Å². The summed E-state index contributed by atoms with van der Waals surface area (Å²) in [5, 5.41) is 15.2. The average molecular weight is 489 g/mol. The zero-order chi connectivity index (χ0) is 25.5. The minimum absolute atomic E-state index is 0.0313. The number of nitrogens with zero attached hydrogens (tertiary/aromatic N) is 3. The van der Waals surface area contributed by atoms with E-state index in [0.29, 0.717) is 6.54 Å². The lowest BCUT2D eigenvalue weighted by molar-refractivity contribution is -0.385. The molecule has 0 unspecified atom stereocenters. The van der Waals surface area contributed by atoms with Crippen molar-refractivity contribution in [3.8, 4) is 11.5 Å². The quantitative estimate of drug-likeness (QED) is 0.272. The van der Waals surface area contributed by atoms with Gasteiger partial charge in [0.15, 0.2) is 12.4 Å². The maximum atomic E-state index is 12.2. The summed E-state index contributed by atoms with van der Waals surface area (Å²) in [5.74, 6) is 0.288. The Labute approximate surface area is 209 Å². The molecule has 3 aromatic carbocycles. The number of benzene rings is 3. The van der Waals surface area contributed by atoms with Gasteiger partial charge in [0.1, 0.15) is 5.75 Å². The van der Waals surface area contributed by atoms with Crippen LogP contribution in [-0.4, -0.2) is 37.3 Å². The third-order valence-electron chi connectivity index (χ3n) is 5.94. The van der Waals surface area contributed by atoms with Crippen LogP contribution in [0, 0.1) is 17.0 Å². The molecule has 0 aliphatic carbocycles. The number of ether oxygens (including phenoxy) is 2. The average Bonchev–Trinajstić information content (AvgIpc) is 2.88. The third-order valence-corrected chi connectivity index (χ3v) is 5.94. The first-order valence-corrected chi connectivity index (χ1v) is 11.6. The molecule has 9 nitrogen and oxygen atoms in total. The van der Waals surface area contributed by atoms with Crippen molar-refractivity contribution in [1.82, 2.24) is 5.43 Å². The zero-order valence-electron chi connectivity index (χ0n) is 20.3. The summed E-state index contributed by atoms with van der Waals surface area (Å²) in [6.45, 7) is 3.00. The number of methoxy groups -OCH3 is 1. The highest BCUT2D eigenvalue weighted by molar-refractivity contribution is 5.83. The van der Waals surface area contributed by atoms with Gasteiger partial charge in [-0.05, 0) is 66.8 Å². The SMILES string of the molecule is COc1ccc(C=NNC(=O)COc2ccc(C)cc2[N+](=O)[O-])cc1CN1CCCc2ccccc21. The van der Waals surface area contributed by atoms with Gasteiger partial charge in [-0.15, -0.1) is 0 Å². The summed E-state index contributed by atoms with van der Waals surface area (Å²) in [6, 6.07) is 18.7. The second-order valence-electron chi connectivity index (χ2n) is 8.54. The van der Waals surface area contributed by atoms with Crippen molar-refractivity contribution >= 4 is 23.5 Å². The highest BCUT2D eigenvalue weighted by Gasteiger charge is 2.18. The molecule has 1 heterocycles. The van der Waals surface area contributed by atoms with Crippen molar-refractivity contribution in [2.24, 2.45) is 5.10 Å². The highest BCUT2D eigenvalue weighted by Crippen LogP contribution is 2.30. The van der Waals surface area contributed by atoms with Gasteiger partial charge in [0.05, 0.1) is 18.2 Å². The molecule has 4 rings (SSSR count). The second-order valence-corrected chi connectivity index (χ2v) is 8.54. The summed E-state index contributed by atoms with van der Waals surface area (Å²) in [6.07, 6.45) is 3.72. The van der Waals surface area contributed by atoms with Crippen molar-refractivity contribution in [2.45, 2.75) is 26.3 Å². The number of nitrogens with one attached hydrogen (secondary N) is 1. The lowest BCUT2D eigenvalue weighted by atomic mass is 10.0. The standard InChI is InChI=1S/C27H28N4O5/c1-19-9-11-26(24(14-19)31(33)34)36-18-27(32)29-28-16-20-10-12-25(35-2)22(15-20)17-30-13-5-7-21-6-3-4-8-23(21)30/h3-4,6,8-12,14-16H,5,7,13,17-18H2,1-2H3,(H,29,32). The Morgan fingerprint density at radius 1 is 1.17 bits per heavy atom. The third kappa shape index (κ3) is 5.99. The molecule has 186 valence electrons. The molecule has 36 heavy (non-hydrogen) atoms. The first kappa shape index (κ1) is 24.7. The number of amides is 1. The number of anilines is 1. The van der Waals surface area contributed by atoms with Gasteiger partial charge in [-0.1, -0.05) is 24.3 Å². The Bertz CT molecular complexity index is 1290. The van der Waals surface area contributed by atoms with E-state index in [9.17, 15) is 14.9 Å². The summed E-state index contributed by atoms with van der Waals surface area (Å²) in [4.78, 5) is 25.2. The maximum Gasteiger partial charge on any atom is 0.311 e. The van der Waals surface area contributed by atoms with Crippen LogP contribution < -0.4 is 19.8 Å². The molecule has 0 aromatic heterocycles. The van der Waals surface area contributed by atoms with Gasteiger partial charge in [-0.25, -0.2) is 5.43 Å². The normalized spacial score (nSPS) is 12.8. The van der Waals surface area contributed by atoms with E-state index in [1.807, 2.05) is 18.2 Å². The fourth-order valence-electron chi connectivity index (χ4n) is 4.23. The van der Waals surface area contributed by atoms with Crippen LogP contribution >= 0.6 is 0 Å². The van der Waals surface area contributed by atoms with Crippen LogP contribution in [0.25, 0.3) is 0 Å². The molecule has 1 aliphatic heterocycles. The summed E-state index contributed by atoms with van der Waals surface area (Å²) in [7, 11) is 1.65. The Hall–Kier alpha value is -4.40. The predicted octanol–water partition coefficient (Wildman–Crippen LogP) is 4.39. The van der Waals surface area contributed by atoms with E-state index in [4.69, 9.17) is 9.47 Å². The molecule has 0 spiro atoms. The lowest BCUT2D eigenvalue weighted by Crippen LogP contribution is -2.29. The fraction of sp³-hybridized carbons (Fsp3) is 0.259. The monoisotopic (exact) mass is 488 g/mol. The minimum Gasteiger partial charge on any atom is -0.496 e. The Kier molecular flexibility index (Phi) is 7.79. The largest absolute Gasteiger partial charge is 0.496 e. The number of aryl methyl sites for hydroxylation is 2. The number of fused-ring (bicyclic) bond motifs is 1. The van der Waals surface area contributed by atoms with Gasteiger partial charge in [-0.2, -0.15) is 5.10 Å². The van der Waals surface area contributed by atoms with Crippen molar-refractivity contribution in [1.29, 1.82) is 0 Å². The number of hydrogen-bond donors (Lipinski definition) is 1. The molecule has 1 aliphatic rings. The molecule has 0 radical (unpaired) electrons. The van der Waals surface area contributed by atoms with Crippen LogP contribution in [0.2, 0.25) is 0 Å². The predicted molar refractivity (Wildman–Crippen MR) is 138 cm³/mol. The van der Waals surface area contributed by atoms with Gasteiger partial charge in [0, 0.05) is 30.4 Å².